The third kappa shape index (κ3) is 2.01. The lowest BCUT2D eigenvalue weighted by atomic mass is 10.1. The molecule has 18 heavy (non-hydrogen) atoms. The van der Waals surface area contributed by atoms with E-state index >= 15 is 0 Å². The van der Waals surface area contributed by atoms with Gasteiger partial charge in [0.05, 0.1) is 5.69 Å². The van der Waals surface area contributed by atoms with Crippen LogP contribution >= 0.6 is 0 Å². The summed E-state index contributed by atoms with van der Waals surface area (Å²) in [5.74, 6) is 0.821. The number of amides is 1. The number of nitrogens with zero attached hydrogens (tertiary/aromatic N) is 3. The van der Waals surface area contributed by atoms with E-state index in [4.69, 9.17) is 0 Å². The van der Waals surface area contributed by atoms with E-state index < -0.39 is 0 Å². The number of benzene rings is 1. The topological polar surface area (TPSA) is 38.1 Å². The summed E-state index contributed by atoms with van der Waals surface area (Å²) in [6.07, 6.45) is 0. The lowest BCUT2D eigenvalue weighted by Gasteiger charge is -2.17. The van der Waals surface area contributed by atoms with Crippen molar-refractivity contribution in [2.24, 2.45) is 7.05 Å². The summed E-state index contributed by atoms with van der Waals surface area (Å²) in [6, 6.07) is 10.0. The van der Waals surface area contributed by atoms with Crippen LogP contribution in [-0.2, 0) is 11.8 Å². The number of rotatable bonds is 2. The highest BCUT2D eigenvalue weighted by Gasteiger charge is 2.20. The minimum atomic E-state index is -0.00446. The number of carbonyl (C=O) groups excluding carboxylic acids is 1. The molecule has 0 unspecified atom stereocenters. The molecule has 1 aromatic heterocycles. The summed E-state index contributed by atoms with van der Waals surface area (Å²) in [6.45, 7) is 3.51. The Morgan fingerprint density at radius 1 is 1.28 bits per heavy atom. The second-order valence-corrected chi connectivity index (χ2v) is 4.35. The Balaban J connectivity index is 2.64. The number of aromatic nitrogens is 2. The molecule has 0 radical (unpaired) electrons. The molecule has 0 saturated heterocycles. The smallest absolute Gasteiger partial charge is 0.224 e. The zero-order valence-electron chi connectivity index (χ0n) is 11.1. The minimum Gasteiger partial charge on any atom is -0.300 e. The van der Waals surface area contributed by atoms with E-state index in [0.717, 1.165) is 22.6 Å². The molecule has 2 aromatic rings. The fourth-order valence-electron chi connectivity index (χ4n) is 2.12. The van der Waals surface area contributed by atoms with Crippen molar-refractivity contribution in [3.8, 4) is 11.1 Å². The van der Waals surface area contributed by atoms with Crippen molar-refractivity contribution in [1.29, 1.82) is 0 Å². The fourth-order valence-corrected chi connectivity index (χ4v) is 2.12. The van der Waals surface area contributed by atoms with Gasteiger partial charge in [0.1, 0.15) is 5.82 Å². The molecule has 0 atom stereocenters. The summed E-state index contributed by atoms with van der Waals surface area (Å²) in [5.41, 5.74) is 3.01. The molecule has 94 valence electrons. The van der Waals surface area contributed by atoms with E-state index in [2.05, 4.69) is 5.10 Å². The highest BCUT2D eigenvalue weighted by Crippen LogP contribution is 2.32. The predicted molar refractivity (Wildman–Crippen MR) is 72.5 cm³/mol. The average Bonchev–Trinajstić information content (AvgIpc) is 2.64. The summed E-state index contributed by atoms with van der Waals surface area (Å²) < 4.78 is 1.75. The molecule has 0 aliphatic carbocycles. The van der Waals surface area contributed by atoms with Gasteiger partial charge in [-0.1, -0.05) is 30.3 Å². The van der Waals surface area contributed by atoms with Gasteiger partial charge >= 0.3 is 0 Å². The third-order valence-electron chi connectivity index (χ3n) is 3.04. The highest BCUT2D eigenvalue weighted by molar-refractivity contribution is 5.95. The van der Waals surface area contributed by atoms with Gasteiger partial charge in [-0.05, 0) is 12.5 Å². The maximum absolute atomic E-state index is 11.6. The van der Waals surface area contributed by atoms with Crippen LogP contribution in [-0.4, -0.2) is 22.7 Å². The molecule has 0 aliphatic rings. The highest BCUT2D eigenvalue weighted by atomic mass is 16.2. The Hall–Kier alpha value is -2.10. The van der Waals surface area contributed by atoms with Gasteiger partial charge < -0.3 is 0 Å². The first-order valence-corrected chi connectivity index (χ1v) is 5.85. The Kier molecular flexibility index (Phi) is 3.19. The second-order valence-electron chi connectivity index (χ2n) is 4.35. The number of hydrogen-bond donors (Lipinski definition) is 0. The fraction of sp³-hybridized carbons (Fsp3) is 0.286. The first-order valence-electron chi connectivity index (χ1n) is 5.85. The molecule has 0 saturated carbocycles. The van der Waals surface area contributed by atoms with Gasteiger partial charge in [0, 0.05) is 26.6 Å². The maximum atomic E-state index is 11.6. The number of aryl methyl sites for hydroxylation is 2. The summed E-state index contributed by atoms with van der Waals surface area (Å²) in [5, 5.41) is 4.41. The van der Waals surface area contributed by atoms with Crippen molar-refractivity contribution in [2.45, 2.75) is 13.8 Å². The monoisotopic (exact) mass is 243 g/mol. The van der Waals surface area contributed by atoms with Crippen molar-refractivity contribution in [3.05, 3.63) is 36.0 Å². The largest absolute Gasteiger partial charge is 0.300 e. The van der Waals surface area contributed by atoms with Gasteiger partial charge in [0.2, 0.25) is 5.91 Å². The van der Waals surface area contributed by atoms with Crippen molar-refractivity contribution in [1.82, 2.24) is 9.78 Å². The summed E-state index contributed by atoms with van der Waals surface area (Å²) in [7, 11) is 3.62. The van der Waals surface area contributed by atoms with Crippen LogP contribution in [0.25, 0.3) is 11.1 Å². The second kappa shape index (κ2) is 4.64. The van der Waals surface area contributed by atoms with Crippen molar-refractivity contribution < 1.29 is 4.79 Å². The van der Waals surface area contributed by atoms with Gasteiger partial charge in [-0.15, -0.1) is 0 Å². The predicted octanol–water partition coefficient (Wildman–Crippen LogP) is 2.38. The first-order chi connectivity index (χ1) is 8.52. The van der Waals surface area contributed by atoms with E-state index in [-0.39, 0.29) is 5.91 Å². The number of carbonyl (C=O) groups is 1. The molecular formula is C14H17N3O. The van der Waals surface area contributed by atoms with Gasteiger partial charge in [0.25, 0.3) is 0 Å². The van der Waals surface area contributed by atoms with Gasteiger partial charge in [-0.2, -0.15) is 5.10 Å². The van der Waals surface area contributed by atoms with Crippen LogP contribution in [0, 0.1) is 6.92 Å². The van der Waals surface area contributed by atoms with Gasteiger partial charge in [-0.25, -0.2) is 0 Å². The molecule has 0 bridgehead atoms. The van der Waals surface area contributed by atoms with Crippen LogP contribution in [0.15, 0.2) is 30.3 Å². The SMILES string of the molecule is CC(=O)N(C)c1c(-c2ccccc2)c(C)nn1C. The van der Waals surface area contributed by atoms with Crippen LogP contribution in [0.5, 0.6) is 0 Å². The Labute approximate surface area is 107 Å². The number of hydrogen-bond acceptors (Lipinski definition) is 2. The molecule has 4 nitrogen and oxygen atoms in total. The average molecular weight is 243 g/mol. The molecule has 0 aliphatic heterocycles. The quantitative estimate of drug-likeness (QED) is 0.812. The molecule has 1 aromatic carbocycles. The van der Waals surface area contributed by atoms with Crippen LogP contribution < -0.4 is 4.90 Å². The minimum absolute atomic E-state index is 0.00446. The van der Waals surface area contributed by atoms with E-state index in [1.54, 1.807) is 23.6 Å². The summed E-state index contributed by atoms with van der Waals surface area (Å²) in [4.78, 5) is 13.2. The van der Waals surface area contributed by atoms with Crippen LogP contribution in [0.1, 0.15) is 12.6 Å². The van der Waals surface area contributed by atoms with Crippen molar-refractivity contribution >= 4 is 11.7 Å². The zero-order valence-corrected chi connectivity index (χ0v) is 11.1. The maximum Gasteiger partial charge on any atom is 0.224 e. The van der Waals surface area contributed by atoms with E-state index in [1.165, 1.54) is 0 Å². The van der Waals surface area contributed by atoms with Crippen LogP contribution in [0.2, 0.25) is 0 Å². The Morgan fingerprint density at radius 2 is 1.89 bits per heavy atom. The first kappa shape index (κ1) is 12.4. The molecular weight excluding hydrogens is 226 g/mol. The number of anilines is 1. The van der Waals surface area contributed by atoms with Crippen molar-refractivity contribution in [2.75, 3.05) is 11.9 Å². The molecule has 0 spiro atoms. The molecule has 4 heteroatoms. The lowest BCUT2D eigenvalue weighted by molar-refractivity contribution is -0.116. The third-order valence-corrected chi connectivity index (χ3v) is 3.04. The molecule has 0 fully saturated rings. The molecule has 2 rings (SSSR count). The molecule has 0 N–H and O–H groups in total. The normalized spacial score (nSPS) is 10.4. The Bertz CT molecular complexity index is 572. The lowest BCUT2D eigenvalue weighted by Crippen LogP contribution is -2.25. The van der Waals surface area contributed by atoms with Crippen molar-refractivity contribution in [3.63, 3.8) is 0 Å². The van der Waals surface area contributed by atoms with Crippen LogP contribution in [0.3, 0.4) is 0 Å². The van der Waals surface area contributed by atoms with Crippen LogP contribution in [0.4, 0.5) is 5.82 Å². The van der Waals surface area contributed by atoms with E-state index in [0.29, 0.717) is 0 Å². The molecule has 1 heterocycles. The zero-order chi connectivity index (χ0) is 13.3. The van der Waals surface area contributed by atoms with Gasteiger partial charge in [-0.3, -0.25) is 14.4 Å². The summed E-state index contributed by atoms with van der Waals surface area (Å²) >= 11 is 0. The Morgan fingerprint density at radius 3 is 2.44 bits per heavy atom. The molecule has 1 amide bonds. The van der Waals surface area contributed by atoms with E-state index in [1.807, 2.05) is 44.3 Å². The van der Waals surface area contributed by atoms with Gasteiger partial charge in [0.15, 0.2) is 0 Å². The van der Waals surface area contributed by atoms with E-state index in [9.17, 15) is 4.79 Å². The standard InChI is InChI=1S/C14H17N3O/c1-10-13(12-8-6-5-7-9-12)14(17(4)15-10)16(3)11(2)18/h5-9H,1-4H3.